The molecule has 8 nitrogen and oxygen atoms in total. The average Bonchev–Trinajstić information content (AvgIpc) is 3.38. The van der Waals surface area contributed by atoms with Crippen LogP contribution in [-0.2, 0) is 23.9 Å². The fourth-order valence-electron chi connectivity index (χ4n) is 7.29. The predicted octanol–water partition coefficient (Wildman–Crippen LogP) is 4.15. The molecular formula is C30H41ClN2O6. The summed E-state index contributed by atoms with van der Waals surface area (Å²) in [5.74, 6) is -2.93. The number of benzene rings is 1. The number of fused-ring (bicyclic) bond motifs is 1. The van der Waals surface area contributed by atoms with Crippen LogP contribution in [0.2, 0.25) is 5.02 Å². The fraction of sp³-hybridized carbons (Fsp3) is 0.633. The number of carbonyl (C=O) groups excluding carboxylic acids is 3. The number of likely N-dealkylation sites (tertiary alicyclic amines) is 1. The lowest BCUT2D eigenvalue weighted by molar-refractivity contribution is -0.162. The van der Waals surface area contributed by atoms with Crippen LogP contribution in [0.4, 0.5) is 5.69 Å². The third-order valence-corrected chi connectivity index (χ3v) is 9.22. The molecule has 3 aliphatic heterocycles. The molecule has 214 valence electrons. The third kappa shape index (κ3) is 4.49. The van der Waals surface area contributed by atoms with Crippen LogP contribution in [0.15, 0.2) is 30.9 Å². The number of hydrogen-bond acceptors (Lipinski definition) is 6. The molecule has 0 saturated carbocycles. The summed E-state index contributed by atoms with van der Waals surface area (Å²) in [5.41, 5.74) is -0.883. The molecule has 3 unspecified atom stereocenters. The van der Waals surface area contributed by atoms with E-state index in [1.807, 2.05) is 46.8 Å². The zero-order valence-corrected chi connectivity index (χ0v) is 24.5. The van der Waals surface area contributed by atoms with Crippen molar-refractivity contribution < 1.29 is 29.0 Å². The molecular weight excluding hydrogens is 520 g/mol. The van der Waals surface area contributed by atoms with Gasteiger partial charge >= 0.3 is 5.97 Å². The molecule has 1 aromatic carbocycles. The number of amides is 2. The first kappa shape index (κ1) is 29.6. The van der Waals surface area contributed by atoms with Crippen LogP contribution in [0.3, 0.4) is 0 Å². The normalized spacial score (nSPS) is 31.9. The number of aryl methyl sites for hydroxylation is 1. The van der Waals surface area contributed by atoms with Gasteiger partial charge in [0.25, 0.3) is 5.91 Å². The van der Waals surface area contributed by atoms with E-state index in [-0.39, 0.29) is 43.4 Å². The summed E-state index contributed by atoms with van der Waals surface area (Å²) < 4.78 is 12.2. The Bertz CT molecular complexity index is 1140. The smallest absolute Gasteiger partial charge is 0.312 e. The Morgan fingerprint density at radius 2 is 2.08 bits per heavy atom. The fourth-order valence-corrected chi connectivity index (χ4v) is 7.62. The van der Waals surface area contributed by atoms with E-state index >= 15 is 0 Å². The maximum Gasteiger partial charge on any atom is 0.312 e. The van der Waals surface area contributed by atoms with Gasteiger partial charge in [-0.3, -0.25) is 14.4 Å². The highest BCUT2D eigenvalue weighted by atomic mass is 35.5. The molecule has 1 N–H and O–H groups in total. The van der Waals surface area contributed by atoms with Crippen molar-refractivity contribution in [1.29, 1.82) is 0 Å². The van der Waals surface area contributed by atoms with Gasteiger partial charge in [0.1, 0.15) is 17.6 Å². The summed E-state index contributed by atoms with van der Waals surface area (Å²) in [7, 11) is 0. The molecule has 4 rings (SSSR count). The van der Waals surface area contributed by atoms with E-state index < -0.39 is 41.1 Å². The number of aliphatic hydroxyl groups excluding tert-OH is 1. The number of para-hydroxylation sites is 1. The monoisotopic (exact) mass is 560 g/mol. The van der Waals surface area contributed by atoms with Gasteiger partial charge in [-0.15, -0.1) is 6.58 Å². The standard InChI is InChI=1S/C30H41ClN2O6/c1-8-13-32(24-18(5)11-10-12-21(24)31)27(36)25-30-15-19(6)29(7,39-30)23(28(37)38-9-2)22(30)26(35)33(25)20(16-34)14-17(3)4/h8,10-12,17,19-20,22-23,25,34H,1,9,13-16H2,2-7H3/t19?,20-,22+,23+,25?,29-,30?/m1/s1. The largest absolute Gasteiger partial charge is 0.466 e. The zero-order valence-electron chi connectivity index (χ0n) is 23.8. The second kappa shape index (κ2) is 10.9. The number of anilines is 1. The van der Waals surface area contributed by atoms with Gasteiger partial charge in [0.2, 0.25) is 5.91 Å². The third-order valence-electron chi connectivity index (χ3n) is 8.91. The quantitative estimate of drug-likeness (QED) is 0.341. The summed E-state index contributed by atoms with van der Waals surface area (Å²) in [6.07, 6.45) is 2.52. The number of rotatable bonds is 10. The topological polar surface area (TPSA) is 96.4 Å². The summed E-state index contributed by atoms with van der Waals surface area (Å²) in [6, 6.07) is 3.72. The van der Waals surface area contributed by atoms with Crippen LogP contribution in [0, 0.1) is 30.6 Å². The van der Waals surface area contributed by atoms with Gasteiger partial charge in [0.15, 0.2) is 0 Å². The lowest BCUT2D eigenvalue weighted by atomic mass is 9.62. The van der Waals surface area contributed by atoms with Crippen molar-refractivity contribution in [3.05, 3.63) is 41.4 Å². The lowest BCUT2D eigenvalue weighted by Crippen LogP contribution is -2.59. The molecule has 9 heteroatoms. The Hall–Kier alpha value is -2.42. The number of hydrogen-bond donors (Lipinski definition) is 1. The first-order valence-corrected chi connectivity index (χ1v) is 14.2. The Morgan fingerprint density at radius 1 is 1.38 bits per heavy atom. The SMILES string of the molecule is C=CCN(C(=O)C1N([C@@H](CO)CC(C)C)C(=O)[C@@H]2[C@@H](C(=O)OCC)[C@]3(C)OC12CC3C)c1c(C)cccc1Cl. The first-order valence-electron chi connectivity index (χ1n) is 13.9. The highest BCUT2D eigenvalue weighted by Gasteiger charge is 2.80. The lowest BCUT2D eigenvalue weighted by Gasteiger charge is -2.40. The van der Waals surface area contributed by atoms with Crippen molar-refractivity contribution >= 4 is 35.1 Å². The van der Waals surface area contributed by atoms with Crippen molar-refractivity contribution in [3.63, 3.8) is 0 Å². The molecule has 2 bridgehead atoms. The molecule has 3 heterocycles. The van der Waals surface area contributed by atoms with Crippen LogP contribution >= 0.6 is 11.6 Å². The van der Waals surface area contributed by atoms with Crippen molar-refractivity contribution in [2.45, 2.75) is 77.7 Å². The molecule has 2 amide bonds. The van der Waals surface area contributed by atoms with Gasteiger partial charge in [-0.2, -0.15) is 0 Å². The number of esters is 1. The number of nitrogens with zero attached hydrogens (tertiary/aromatic N) is 2. The summed E-state index contributed by atoms with van der Waals surface area (Å²) in [6.45, 7) is 15.3. The van der Waals surface area contributed by atoms with E-state index in [4.69, 9.17) is 21.1 Å². The van der Waals surface area contributed by atoms with Crippen LogP contribution in [-0.4, -0.2) is 70.8 Å². The zero-order chi connectivity index (χ0) is 28.9. The Morgan fingerprint density at radius 3 is 2.64 bits per heavy atom. The van der Waals surface area contributed by atoms with E-state index in [9.17, 15) is 19.5 Å². The molecule has 1 aromatic rings. The molecule has 3 fully saturated rings. The Labute approximate surface area is 236 Å². The molecule has 0 aliphatic carbocycles. The number of carbonyl (C=O) groups is 3. The predicted molar refractivity (Wildman–Crippen MR) is 149 cm³/mol. The molecule has 0 aromatic heterocycles. The van der Waals surface area contributed by atoms with Gasteiger partial charge in [0, 0.05) is 6.54 Å². The molecule has 0 radical (unpaired) electrons. The van der Waals surface area contributed by atoms with Crippen molar-refractivity contribution in [2.75, 3.05) is 24.7 Å². The second-order valence-corrected chi connectivity index (χ2v) is 12.2. The molecule has 1 spiro atoms. The minimum Gasteiger partial charge on any atom is -0.466 e. The van der Waals surface area contributed by atoms with Crippen LogP contribution in [0.1, 0.15) is 53.0 Å². The summed E-state index contributed by atoms with van der Waals surface area (Å²) in [5, 5.41) is 10.9. The van der Waals surface area contributed by atoms with E-state index in [0.29, 0.717) is 23.6 Å². The maximum absolute atomic E-state index is 14.8. The number of aliphatic hydroxyl groups is 1. The molecule has 3 aliphatic rings. The number of ether oxygens (including phenoxy) is 2. The van der Waals surface area contributed by atoms with Gasteiger partial charge in [0.05, 0.1) is 41.5 Å². The summed E-state index contributed by atoms with van der Waals surface area (Å²) in [4.78, 5) is 45.6. The van der Waals surface area contributed by atoms with Crippen molar-refractivity contribution in [3.8, 4) is 0 Å². The first-order chi connectivity index (χ1) is 18.4. The van der Waals surface area contributed by atoms with E-state index in [1.165, 1.54) is 4.90 Å². The minimum atomic E-state index is -1.25. The van der Waals surface area contributed by atoms with E-state index in [1.54, 1.807) is 24.0 Å². The molecule has 7 atom stereocenters. The molecule has 39 heavy (non-hydrogen) atoms. The molecule has 3 saturated heterocycles. The second-order valence-electron chi connectivity index (χ2n) is 11.8. The highest BCUT2D eigenvalue weighted by molar-refractivity contribution is 6.34. The van der Waals surface area contributed by atoms with Crippen LogP contribution in [0.5, 0.6) is 0 Å². The maximum atomic E-state index is 14.8. The van der Waals surface area contributed by atoms with E-state index in [2.05, 4.69) is 6.58 Å². The van der Waals surface area contributed by atoms with Gasteiger partial charge in [-0.05, 0) is 57.1 Å². The van der Waals surface area contributed by atoms with Gasteiger partial charge < -0.3 is 24.4 Å². The average molecular weight is 561 g/mol. The van der Waals surface area contributed by atoms with Crippen LogP contribution < -0.4 is 4.90 Å². The summed E-state index contributed by atoms with van der Waals surface area (Å²) >= 11 is 6.63. The van der Waals surface area contributed by atoms with Gasteiger partial charge in [-0.25, -0.2) is 0 Å². The van der Waals surface area contributed by atoms with Crippen molar-refractivity contribution in [2.24, 2.45) is 23.7 Å². The van der Waals surface area contributed by atoms with Gasteiger partial charge in [-0.1, -0.05) is 50.6 Å². The van der Waals surface area contributed by atoms with Crippen LogP contribution in [0.25, 0.3) is 0 Å². The Kier molecular flexibility index (Phi) is 8.23. The minimum absolute atomic E-state index is 0.112. The van der Waals surface area contributed by atoms with E-state index in [0.717, 1.165) is 5.56 Å². The van der Waals surface area contributed by atoms with Crippen molar-refractivity contribution in [1.82, 2.24) is 4.90 Å². The highest BCUT2D eigenvalue weighted by Crippen LogP contribution is 2.66. The Balaban J connectivity index is 1.92. The number of halogens is 1.